The molecule has 0 aliphatic heterocycles. The van der Waals surface area contributed by atoms with E-state index in [2.05, 4.69) is 4.98 Å². The number of aryl methyl sites for hydroxylation is 1. The summed E-state index contributed by atoms with van der Waals surface area (Å²) < 4.78 is 41.1. The van der Waals surface area contributed by atoms with Crippen LogP contribution in [0.2, 0.25) is 0 Å². The number of aromatic nitrogens is 1. The van der Waals surface area contributed by atoms with E-state index in [1.807, 2.05) is 0 Å². The van der Waals surface area contributed by atoms with Crippen molar-refractivity contribution in [2.24, 2.45) is 17.8 Å². The first-order valence-corrected chi connectivity index (χ1v) is 7.05. The summed E-state index contributed by atoms with van der Waals surface area (Å²) in [6, 6.07) is 2.67. The lowest BCUT2D eigenvalue weighted by atomic mass is 9.84. The van der Waals surface area contributed by atoms with Crippen LogP contribution in [0.1, 0.15) is 36.6 Å². The van der Waals surface area contributed by atoms with Gasteiger partial charge in [-0.25, -0.2) is 13.2 Å². The Morgan fingerprint density at radius 1 is 1.43 bits per heavy atom. The number of carboxylic acid groups (broad SMARTS) is 1. The lowest BCUT2D eigenvalue weighted by Gasteiger charge is -2.21. The summed E-state index contributed by atoms with van der Waals surface area (Å²) in [7, 11) is 0. The molecule has 0 amide bonds. The fourth-order valence-electron chi connectivity index (χ4n) is 3.98. The zero-order chi connectivity index (χ0) is 15.4. The predicted octanol–water partition coefficient (Wildman–Crippen LogP) is 3.38. The van der Waals surface area contributed by atoms with E-state index >= 15 is 0 Å². The lowest BCUT2D eigenvalue weighted by Crippen LogP contribution is -2.23. The van der Waals surface area contributed by atoms with Gasteiger partial charge in [0, 0.05) is 24.0 Å². The van der Waals surface area contributed by atoms with Crippen LogP contribution in [0.5, 0.6) is 0 Å². The fourth-order valence-corrected chi connectivity index (χ4v) is 3.98. The minimum absolute atomic E-state index is 0.0320. The maximum absolute atomic E-state index is 13.9. The Morgan fingerprint density at radius 3 is 2.76 bits per heavy atom. The zero-order valence-corrected chi connectivity index (χ0v) is 11.5. The molecule has 3 rings (SSSR count). The smallest absolute Gasteiger partial charge is 0.307 e. The highest BCUT2D eigenvalue weighted by molar-refractivity contribution is 5.72. The van der Waals surface area contributed by atoms with Crippen LogP contribution in [0.3, 0.4) is 0 Å². The molecule has 0 spiro atoms. The summed E-state index contributed by atoms with van der Waals surface area (Å²) in [5, 5.41) is 9.35. The number of fused-ring (bicyclic) bond motifs is 1. The Labute approximate surface area is 120 Å². The van der Waals surface area contributed by atoms with Gasteiger partial charge in [-0.2, -0.15) is 0 Å². The van der Waals surface area contributed by atoms with E-state index in [1.54, 1.807) is 0 Å². The molecule has 1 aromatic heterocycles. The molecular formula is C15H16F3NO2. The van der Waals surface area contributed by atoms with Crippen molar-refractivity contribution in [2.45, 2.75) is 38.0 Å². The molecule has 0 radical (unpaired) electrons. The van der Waals surface area contributed by atoms with E-state index in [1.165, 1.54) is 19.1 Å². The molecule has 6 heteroatoms. The highest BCUT2D eigenvalue weighted by atomic mass is 19.3. The van der Waals surface area contributed by atoms with Crippen molar-refractivity contribution < 1.29 is 23.1 Å². The van der Waals surface area contributed by atoms with E-state index < -0.39 is 41.4 Å². The molecule has 0 saturated heterocycles. The van der Waals surface area contributed by atoms with Gasteiger partial charge < -0.3 is 5.11 Å². The van der Waals surface area contributed by atoms with Crippen molar-refractivity contribution in [3.63, 3.8) is 0 Å². The van der Waals surface area contributed by atoms with E-state index in [0.717, 1.165) is 0 Å². The molecule has 3 nitrogen and oxygen atoms in total. The summed E-state index contributed by atoms with van der Waals surface area (Å²) in [6.45, 7) is 1.49. The van der Waals surface area contributed by atoms with Gasteiger partial charge in [-0.1, -0.05) is 0 Å². The molecule has 2 saturated carbocycles. The first kappa shape index (κ1) is 14.4. The zero-order valence-electron chi connectivity index (χ0n) is 11.5. The summed E-state index contributed by atoms with van der Waals surface area (Å²) in [5.41, 5.74) is 0.594. The number of alkyl halides is 2. The van der Waals surface area contributed by atoms with Crippen LogP contribution < -0.4 is 0 Å². The summed E-state index contributed by atoms with van der Waals surface area (Å²) in [6.07, 6.45) is 0.0609. The van der Waals surface area contributed by atoms with Gasteiger partial charge in [0.15, 0.2) is 0 Å². The Kier molecular flexibility index (Phi) is 3.22. The van der Waals surface area contributed by atoms with Gasteiger partial charge in [0.1, 0.15) is 5.82 Å². The monoisotopic (exact) mass is 299 g/mol. The number of hydrogen-bond acceptors (Lipinski definition) is 2. The summed E-state index contributed by atoms with van der Waals surface area (Å²) in [5.74, 6) is -7.08. The Balaban J connectivity index is 2.01. The van der Waals surface area contributed by atoms with Crippen LogP contribution in [-0.2, 0) is 4.79 Å². The third-order valence-corrected chi connectivity index (χ3v) is 4.97. The van der Waals surface area contributed by atoms with Crippen molar-refractivity contribution in [3.8, 4) is 0 Å². The molecule has 1 aromatic rings. The van der Waals surface area contributed by atoms with Crippen LogP contribution in [0, 0.1) is 30.5 Å². The molecule has 2 aliphatic carbocycles. The Bertz CT molecular complexity index is 590. The summed E-state index contributed by atoms with van der Waals surface area (Å²) >= 11 is 0. The SMILES string of the molecule is Cc1nc([C@@H]2[C@@H]3CCC(F)(F)[C@@H]3C[C@H]2C(=O)O)ccc1F. The van der Waals surface area contributed by atoms with E-state index in [9.17, 15) is 23.1 Å². The van der Waals surface area contributed by atoms with Crippen LogP contribution in [-0.4, -0.2) is 22.0 Å². The van der Waals surface area contributed by atoms with Crippen molar-refractivity contribution in [2.75, 3.05) is 0 Å². The lowest BCUT2D eigenvalue weighted by molar-refractivity contribution is -0.142. The highest BCUT2D eigenvalue weighted by Gasteiger charge is 2.60. The Morgan fingerprint density at radius 2 is 2.14 bits per heavy atom. The minimum atomic E-state index is -2.80. The quantitative estimate of drug-likeness (QED) is 0.910. The Hall–Kier alpha value is -1.59. The van der Waals surface area contributed by atoms with Crippen molar-refractivity contribution >= 4 is 5.97 Å². The van der Waals surface area contributed by atoms with Crippen molar-refractivity contribution in [1.29, 1.82) is 0 Å². The molecule has 21 heavy (non-hydrogen) atoms. The molecule has 1 heterocycles. The van der Waals surface area contributed by atoms with Gasteiger partial charge in [-0.3, -0.25) is 9.78 Å². The van der Waals surface area contributed by atoms with Gasteiger partial charge in [-0.15, -0.1) is 0 Å². The third kappa shape index (κ3) is 2.21. The molecule has 114 valence electrons. The van der Waals surface area contributed by atoms with E-state index in [0.29, 0.717) is 12.1 Å². The average molecular weight is 299 g/mol. The van der Waals surface area contributed by atoms with Crippen molar-refractivity contribution in [3.05, 3.63) is 29.3 Å². The molecule has 1 N–H and O–H groups in total. The second kappa shape index (κ2) is 4.71. The van der Waals surface area contributed by atoms with E-state index in [4.69, 9.17) is 0 Å². The number of carboxylic acids is 1. The fraction of sp³-hybridized carbons (Fsp3) is 0.600. The molecule has 4 atom stereocenters. The topological polar surface area (TPSA) is 50.2 Å². The van der Waals surface area contributed by atoms with Crippen LogP contribution in [0.4, 0.5) is 13.2 Å². The maximum atomic E-state index is 13.9. The first-order valence-electron chi connectivity index (χ1n) is 7.05. The molecule has 2 aliphatic rings. The van der Waals surface area contributed by atoms with Gasteiger partial charge in [0.05, 0.1) is 11.6 Å². The van der Waals surface area contributed by atoms with Gasteiger partial charge in [0.25, 0.3) is 5.92 Å². The molecule has 0 bridgehead atoms. The van der Waals surface area contributed by atoms with E-state index in [-0.39, 0.29) is 18.5 Å². The highest BCUT2D eigenvalue weighted by Crippen LogP contribution is 2.60. The average Bonchev–Trinajstić information content (AvgIpc) is 2.92. The van der Waals surface area contributed by atoms with Gasteiger partial charge in [-0.05, 0) is 37.8 Å². The van der Waals surface area contributed by atoms with Crippen LogP contribution >= 0.6 is 0 Å². The third-order valence-electron chi connectivity index (χ3n) is 4.97. The number of pyridine rings is 1. The number of rotatable bonds is 2. The second-order valence-electron chi connectivity index (χ2n) is 6.08. The number of nitrogens with zero attached hydrogens (tertiary/aromatic N) is 1. The van der Waals surface area contributed by atoms with Crippen LogP contribution in [0.25, 0.3) is 0 Å². The predicted molar refractivity (Wildman–Crippen MR) is 68.6 cm³/mol. The molecule has 0 unspecified atom stereocenters. The minimum Gasteiger partial charge on any atom is -0.481 e. The number of halogens is 3. The van der Waals surface area contributed by atoms with Crippen LogP contribution in [0.15, 0.2) is 12.1 Å². The number of hydrogen-bond donors (Lipinski definition) is 1. The number of aliphatic carboxylic acids is 1. The second-order valence-corrected chi connectivity index (χ2v) is 6.08. The van der Waals surface area contributed by atoms with Crippen molar-refractivity contribution in [1.82, 2.24) is 4.98 Å². The molecule has 0 aromatic carbocycles. The summed E-state index contributed by atoms with van der Waals surface area (Å²) in [4.78, 5) is 15.5. The van der Waals surface area contributed by atoms with Gasteiger partial charge in [0.2, 0.25) is 0 Å². The largest absolute Gasteiger partial charge is 0.481 e. The number of carbonyl (C=O) groups is 1. The standard InChI is InChI=1S/C15H16F3NO2/c1-7-11(16)2-3-12(19-7)13-8-4-5-15(17,18)10(8)6-9(13)14(20)21/h2-3,8-10,13H,4-6H2,1H3,(H,20,21)/t8-,9-,10-,13-/m1/s1. The van der Waals surface area contributed by atoms with Gasteiger partial charge >= 0.3 is 5.97 Å². The molecule has 2 fully saturated rings. The first-order chi connectivity index (χ1) is 9.81. The maximum Gasteiger partial charge on any atom is 0.307 e. The molecular weight excluding hydrogens is 283 g/mol. The normalized spacial score (nSPS) is 33.9.